The van der Waals surface area contributed by atoms with Gasteiger partial charge < -0.3 is 15.5 Å². The summed E-state index contributed by atoms with van der Waals surface area (Å²) in [5.74, 6) is -0.000706. The average molecular weight is 303 g/mol. The normalized spacial score (nSPS) is 14.6. The van der Waals surface area contributed by atoms with E-state index in [4.69, 9.17) is 0 Å². The van der Waals surface area contributed by atoms with Crippen molar-refractivity contribution in [1.82, 2.24) is 10.6 Å². The Hall–Kier alpha value is -2.04. The van der Waals surface area contributed by atoms with E-state index in [1.54, 1.807) is 4.90 Å². The molecule has 1 aliphatic rings. The maximum absolute atomic E-state index is 12.8. The molecule has 2 rings (SSSR count). The lowest BCUT2D eigenvalue weighted by atomic mass is 10.0. The van der Waals surface area contributed by atoms with E-state index in [1.165, 1.54) is 5.56 Å². The molecule has 1 aliphatic heterocycles. The summed E-state index contributed by atoms with van der Waals surface area (Å²) in [4.78, 5) is 26.5. The molecule has 3 amide bonds. The number of carbonyl (C=O) groups is 2. The van der Waals surface area contributed by atoms with Crippen LogP contribution < -0.4 is 15.5 Å². The molecular weight excluding hydrogens is 278 g/mol. The third kappa shape index (κ3) is 3.59. The van der Waals surface area contributed by atoms with Crippen LogP contribution in [0.15, 0.2) is 24.3 Å². The standard InChI is InChI=1S/C17H25N3O2/c1-4-10-18-17(22)19-15(12(2)3)16(21)20-11-9-13-7-5-6-8-14(13)20/h5-8,12,15H,4,9-11H2,1-3H3,(H2,18,19,22)/t15-/m0/s1. The van der Waals surface area contributed by atoms with Crippen LogP contribution in [0.5, 0.6) is 0 Å². The predicted octanol–water partition coefficient (Wildman–Crippen LogP) is 2.31. The van der Waals surface area contributed by atoms with Crippen molar-refractivity contribution in [2.45, 2.75) is 39.7 Å². The zero-order chi connectivity index (χ0) is 16.1. The fourth-order valence-corrected chi connectivity index (χ4v) is 2.68. The van der Waals surface area contributed by atoms with Crippen molar-refractivity contribution in [3.05, 3.63) is 29.8 Å². The molecule has 0 aromatic heterocycles. The van der Waals surface area contributed by atoms with Crippen LogP contribution in [0.25, 0.3) is 0 Å². The van der Waals surface area contributed by atoms with Gasteiger partial charge in [-0.1, -0.05) is 39.0 Å². The Labute approximate surface area is 132 Å². The molecular formula is C17H25N3O2. The summed E-state index contributed by atoms with van der Waals surface area (Å²) < 4.78 is 0. The van der Waals surface area contributed by atoms with Crippen LogP contribution in [-0.2, 0) is 11.2 Å². The van der Waals surface area contributed by atoms with E-state index in [0.29, 0.717) is 13.1 Å². The highest BCUT2D eigenvalue weighted by Gasteiger charge is 2.32. The van der Waals surface area contributed by atoms with Gasteiger partial charge in [0, 0.05) is 18.8 Å². The van der Waals surface area contributed by atoms with Crippen molar-refractivity contribution in [2.24, 2.45) is 5.92 Å². The molecule has 5 nitrogen and oxygen atoms in total. The van der Waals surface area contributed by atoms with Crippen LogP contribution in [0.2, 0.25) is 0 Å². The fourth-order valence-electron chi connectivity index (χ4n) is 2.68. The molecule has 120 valence electrons. The molecule has 1 atom stereocenters. The third-order valence-electron chi connectivity index (χ3n) is 3.91. The van der Waals surface area contributed by atoms with Crippen LogP contribution in [0.4, 0.5) is 10.5 Å². The Morgan fingerprint density at radius 1 is 1.27 bits per heavy atom. The highest BCUT2D eigenvalue weighted by molar-refractivity contribution is 6.00. The first-order valence-corrected chi connectivity index (χ1v) is 7.98. The number of amides is 3. The molecule has 0 spiro atoms. The number of hydrogen-bond acceptors (Lipinski definition) is 2. The fraction of sp³-hybridized carbons (Fsp3) is 0.529. The molecule has 5 heteroatoms. The average Bonchev–Trinajstić information content (AvgIpc) is 2.93. The number of nitrogens with zero attached hydrogens (tertiary/aromatic N) is 1. The molecule has 0 bridgehead atoms. The van der Waals surface area contributed by atoms with Gasteiger partial charge in [-0.25, -0.2) is 4.79 Å². The first-order valence-electron chi connectivity index (χ1n) is 7.98. The predicted molar refractivity (Wildman–Crippen MR) is 88.0 cm³/mol. The minimum absolute atomic E-state index is 0.0349. The number of carbonyl (C=O) groups excluding carboxylic acids is 2. The second kappa shape index (κ2) is 7.29. The van der Waals surface area contributed by atoms with Crippen LogP contribution in [0, 0.1) is 5.92 Å². The van der Waals surface area contributed by atoms with Gasteiger partial charge in [-0.05, 0) is 30.4 Å². The van der Waals surface area contributed by atoms with Gasteiger partial charge >= 0.3 is 6.03 Å². The van der Waals surface area contributed by atoms with Crippen molar-refractivity contribution in [3.63, 3.8) is 0 Å². The summed E-state index contributed by atoms with van der Waals surface area (Å²) in [6, 6.07) is 7.16. The minimum Gasteiger partial charge on any atom is -0.338 e. The zero-order valence-electron chi connectivity index (χ0n) is 13.6. The number of fused-ring (bicyclic) bond motifs is 1. The second-order valence-corrected chi connectivity index (χ2v) is 5.99. The largest absolute Gasteiger partial charge is 0.338 e. The van der Waals surface area contributed by atoms with E-state index >= 15 is 0 Å². The number of rotatable bonds is 5. The summed E-state index contributed by atoms with van der Waals surface area (Å²) in [5, 5.41) is 5.58. The minimum atomic E-state index is -0.511. The molecule has 1 aromatic carbocycles. The maximum atomic E-state index is 12.8. The quantitative estimate of drug-likeness (QED) is 0.877. The van der Waals surface area contributed by atoms with Crippen molar-refractivity contribution < 1.29 is 9.59 Å². The molecule has 1 aromatic rings. The zero-order valence-corrected chi connectivity index (χ0v) is 13.6. The van der Waals surface area contributed by atoms with Crippen molar-refractivity contribution >= 4 is 17.6 Å². The van der Waals surface area contributed by atoms with Gasteiger partial charge in [0.1, 0.15) is 6.04 Å². The number of hydrogen-bond donors (Lipinski definition) is 2. The number of benzene rings is 1. The number of urea groups is 1. The van der Waals surface area contributed by atoms with Crippen molar-refractivity contribution in [2.75, 3.05) is 18.0 Å². The highest BCUT2D eigenvalue weighted by Crippen LogP contribution is 2.28. The number of para-hydroxylation sites is 1. The number of anilines is 1. The van der Waals surface area contributed by atoms with Crippen LogP contribution in [0.3, 0.4) is 0 Å². The van der Waals surface area contributed by atoms with Crippen molar-refractivity contribution in [1.29, 1.82) is 0 Å². The summed E-state index contributed by atoms with van der Waals surface area (Å²) in [7, 11) is 0. The Kier molecular flexibility index (Phi) is 5.41. The van der Waals surface area contributed by atoms with Gasteiger partial charge in [0.05, 0.1) is 0 Å². The lowest BCUT2D eigenvalue weighted by molar-refractivity contribution is -0.121. The van der Waals surface area contributed by atoms with Crippen LogP contribution in [-0.4, -0.2) is 31.1 Å². The molecule has 0 saturated heterocycles. The van der Waals surface area contributed by atoms with Gasteiger partial charge in [0.25, 0.3) is 0 Å². The number of nitrogens with one attached hydrogen (secondary N) is 2. The van der Waals surface area contributed by atoms with Crippen molar-refractivity contribution in [3.8, 4) is 0 Å². The van der Waals surface area contributed by atoms with Gasteiger partial charge in [0.15, 0.2) is 0 Å². The summed E-state index contributed by atoms with van der Waals surface area (Å²) >= 11 is 0. The SMILES string of the molecule is CCCNC(=O)N[C@H](C(=O)N1CCc2ccccc21)C(C)C. The van der Waals surface area contributed by atoms with E-state index in [9.17, 15) is 9.59 Å². The molecule has 0 fully saturated rings. The van der Waals surface area contributed by atoms with Crippen LogP contribution >= 0.6 is 0 Å². The van der Waals surface area contributed by atoms with Gasteiger partial charge in [-0.3, -0.25) is 4.79 Å². The second-order valence-electron chi connectivity index (χ2n) is 5.99. The summed E-state index contributed by atoms with van der Waals surface area (Å²) in [6.45, 7) is 7.18. The summed E-state index contributed by atoms with van der Waals surface area (Å²) in [6.07, 6.45) is 1.74. The molecule has 22 heavy (non-hydrogen) atoms. The van der Waals surface area contributed by atoms with Gasteiger partial charge in [-0.15, -0.1) is 0 Å². The van der Waals surface area contributed by atoms with E-state index < -0.39 is 6.04 Å². The molecule has 1 heterocycles. The molecule has 0 aliphatic carbocycles. The van der Waals surface area contributed by atoms with E-state index in [-0.39, 0.29) is 17.9 Å². The van der Waals surface area contributed by atoms with E-state index in [0.717, 1.165) is 18.5 Å². The van der Waals surface area contributed by atoms with Crippen LogP contribution in [0.1, 0.15) is 32.8 Å². The van der Waals surface area contributed by atoms with Gasteiger partial charge in [0.2, 0.25) is 5.91 Å². The van der Waals surface area contributed by atoms with Gasteiger partial charge in [-0.2, -0.15) is 0 Å². The molecule has 2 N–H and O–H groups in total. The van der Waals surface area contributed by atoms with E-state index in [2.05, 4.69) is 10.6 Å². The molecule has 0 radical (unpaired) electrons. The first-order chi connectivity index (χ1) is 10.5. The lowest BCUT2D eigenvalue weighted by Gasteiger charge is -2.27. The molecule has 0 saturated carbocycles. The smallest absolute Gasteiger partial charge is 0.315 e. The third-order valence-corrected chi connectivity index (χ3v) is 3.91. The summed E-state index contributed by atoms with van der Waals surface area (Å²) in [5.41, 5.74) is 2.16. The maximum Gasteiger partial charge on any atom is 0.315 e. The molecule has 0 unspecified atom stereocenters. The Bertz CT molecular complexity index is 542. The van der Waals surface area contributed by atoms with E-state index in [1.807, 2.05) is 45.0 Å². The monoisotopic (exact) mass is 303 g/mol. The first kappa shape index (κ1) is 16.3. The lowest BCUT2D eigenvalue weighted by Crippen LogP contribution is -2.53. The Balaban J connectivity index is 2.09. The highest BCUT2D eigenvalue weighted by atomic mass is 16.2. The topological polar surface area (TPSA) is 61.4 Å². The Morgan fingerprint density at radius 3 is 2.68 bits per heavy atom. The Morgan fingerprint density at radius 2 is 2.00 bits per heavy atom.